The molecule has 0 heterocycles. The maximum Gasteiger partial charge on any atom is 0.0840 e. The number of nitrogens with one attached hydrogen (secondary N) is 1. The summed E-state index contributed by atoms with van der Waals surface area (Å²) in [5.74, 6) is 1.03. The van der Waals surface area contributed by atoms with Crippen LogP contribution >= 0.6 is 0 Å². The predicted molar refractivity (Wildman–Crippen MR) is 40.4 cm³/mol. The molecule has 0 radical (unpaired) electrons. The zero-order valence-corrected chi connectivity index (χ0v) is 6.27. The largest absolute Gasteiger partial charge is 0.304 e. The molecule has 0 aromatic carbocycles. The molecular formula is C8H14N2. The summed E-state index contributed by atoms with van der Waals surface area (Å²) in [5, 5.41) is 11.2. The summed E-state index contributed by atoms with van der Waals surface area (Å²) >= 11 is 0. The number of rotatable bonds is 5. The molecule has 1 rings (SSSR count). The van der Waals surface area contributed by atoms with E-state index in [0.717, 1.165) is 12.5 Å². The van der Waals surface area contributed by atoms with Crippen LogP contribution in [0.3, 0.4) is 0 Å². The Labute approximate surface area is 62.2 Å². The van der Waals surface area contributed by atoms with E-state index >= 15 is 0 Å². The van der Waals surface area contributed by atoms with Gasteiger partial charge in [-0.15, -0.1) is 0 Å². The van der Waals surface area contributed by atoms with Crippen molar-refractivity contribution in [3.8, 4) is 6.07 Å². The fourth-order valence-corrected chi connectivity index (χ4v) is 1.07. The minimum atomic E-state index is 0.505. The molecule has 0 spiro atoms. The van der Waals surface area contributed by atoms with E-state index in [1.165, 1.54) is 25.7 Å². The highest BCUT2D eigenvalue weighted by molar-refractivity contribution is 4.75. The number of hydrogen-bond acceptors (Lipinski definition) is 2. The minimum absolute atomic E-state index is 0.505. The number of nitriles is 1. The van der Waals surface area contributed by atoms with Crippen LogP contribution in [0.5, 0.6) is 0 Å². The Morgan fingerprint density at radius 3 is 2.90 bits per heavy atom. The van der Waals surface area contributed by atoms with Crippen molar-refractivity contribution in [2.24, 2.45) is 5.92 Å². The molecule has 1 N–H and O–H groups in total. The first-order valence-corrected chi connectivity index (χ1v) is 4.01. The number of hydrogen-bond donors (Lipinski definition) is 1. The Morgan fingerprint density at radius 2 is 2.30 bits per heavy atom. The van der Waals surface area contributed by atoms with Gasteiger partial charge in [-0.2, -0.15) is 5.26 Å². The van der Waals surface area contributed by atoms with Crippen molar-refractivity contribution in [3.63, 3.8) is 0 Å². The molecule has 0 bridgehead atoms. The standard InChI is InChI=1S/C8H14N2/c9-5-7-10-6-1-2-8-3-4-8/h8,10H,1-4,6-7H2. The third kappa shape index (κ3) is 3.47. The Morgan fingerprint density at radius 1 is 1.50 bits per heavy atom. The zero-order chi connectivity index (χ0) is 7.23. The van der Waals surface area contributed by atoms with Gasteiger partial charge in [0.05, 0.1) is 12.6 Å². The summed E-state index contributed by atoms with van der Waals surface area (Å²) in [7, 11) is 0. The van der Waals surface area contributed by atoms with E-state index in [4.69, 9.17) is 5.26 Å². The van der Waals surface area contributed by atoms with Gasteiger partial charge in [-0.1, -0.05) is 12.8 Å². The van der Waals surface area contributed by atoms with E-state index in [1.54, 1.807) is 0 Å². The first-order valence-electron chi connectivity index (χ1n) is 4.01. The first kappa shape index (κ1) is 7.56. The molecular weight excluding hydrogens is 124 g/mol. The quantitative estimate of drug-likeness (QED) is 0.459. The van der Waals surface area contributed by atoms with E-state index in [-0.39, 0.29) is 0 Å². The zero-order valence-electron chi connectivity index (χ0n) is 6.27. The van der Waals surface area contributed by atoms with Crippen LogP contribution in [0.2, 0.25) is 0 Å². The van der Waals surface area contributed by atoms with Crippen LogP contribution in [0.15, 0.2) is 0 Å². The Balaban J connectivity index is 1.73. The fraction of sp³-hybridized carbons (Fsp3) is 0.875. The van der Waals surface area contributed by atoms with Gasteiger partial charge in [-0.05, 0) is 25.3 Å². The SMILES string of the molecule is N#CCNCCCC1CC1. The fourth-order valence-electron chi connectivity index (χ4n) is 1.07. The van der Waals surface area contributed by atoms with Gasteiger partial charge in [0, 0.05) is 0 Å². The van der Waals surface area contributed by atoms with E-state index in [9.17, 15) is 0 Å². The Bertz CT molecular complexity index is 122. The average Bonchev–Trinajstić information content (AvgIpc) is 2.71. The van der Waals surface area contributed by atoms with Gasteiger partial charge in [0.2, 0.25) is 0 Å². The van der Waals surface area contributed by atoms with Gasteiger partial charge in [0.1, 0.15) is 0 Å². The van der Waals surface area contributed by atoms with Crippen LogP contribution in [0.1, 0.15) is 25.7 Å². The molecule has 1 saturated carbocycles. The first-order chi connectivity index (χ1) is 4.93. The van der Waals surface area contributed by atoms with Crippen LogP contribution in [-0.4, -0.2) is 13.1 Å². The molecule has 0 amide bonds. The second-order valence-electron chi connectivity index (χ2n) is 2.92. The van der Waals surface area contributed by atoms with Gasteiger partial charge in [0.25, 0.3) is 0 Å². The van der Waals surface area contributed by atoms with Crippen molar-refractivity contribution >= 4 is 0 Å². The molecule has 0 unspecified atom stereocenters. The van der Waals surface area contributed by atoms with Crippen LogP contribution in [0, 0.1) is 17.2 Å². The lowest BCUT2D eigenvalue weighted by Crippen LogP contribution is -2.15. The van der Waals surface area contributed by atoms with E-state index in [0.29, 0.717) is 6.54 Å². The molecule has 0 saturated heterocycles. The van der Waals surface area contributed by atoms with Crippen LogP contribution < -0.4 is 5.32 Å². The number of nitrogens with zero attached hydrogens (tertiary/aromatic N) is 1. The van der Waals surface area contributed by atoms with E-state index in [1.807, 2.05) is 0 Å². The molecule has 1 fully saturated rings. The topological polar surface area (TPSA) is 35.8 Å². The maximum absolute atomic E-state index is 8.17. The van der Waals surface area contributed by atoms with Gasteiger partial charge in [0.15, 0.2) is 0 Å². The van der Waals surface area contributed by atoms with E-state index < -0.39 is 0 Å². The summed E-state index contributed by atoms with van der Waals surface area (Å²) in [6, 6.07) is 2.06. The lowest BCUT2D eigenvalue weighted by atomic mass is 10.2. The molecule has 1 aliphatic rings. The molecule has 56 valence electrons. The minimum Gasteiger partial charge on any atom is -0.304 e. The molecule has 2 heteroatoms. The second kappa shape index (κ2) is 4.29. The van der Waals surface area contributed by atoms with Gasteiger partial charge in [-0.25, -0.2) is 0 Å². The van der Waals surface area contributed by atoms with Crippen molar-refractivity contribution in [3.05, 3.63) is 0 Å². The molecule has 0 aliphatic heterocycles. The lowest BCUT2D eigenvalue weighted by Gasteiger charge is -1.97. The smallest absolute Gasteiger partial charge is 0.0840 e. The lowest BCUT2D eigenvalue weighted by molar-refractivity contribution is 0.618. The normalized spacial score (nSPS) is 16.7. The summed E-state index contributed by atoms with van der Waals surface area (Å²) in [6.07, 6.45) is 5.49. The van der Waals surface area contributed by atoms with Gasteiger partial charge >= 0.3 is 0 Å². The van der Waals surface area contributed by atoms with Crippen LogP contribution in [0.25, 0.3) is 0 Å². The van der Waals surface area contributed by atoms with Crippen molar-refractivity contribution < 1.29 is 0 Å². The highest BCUT2D eigenvalue weighted by Crippen LogP contribution is 2.33. The predicted octanol–water partition coefficient (Wildman–Crippen LogP) is 1.29. The maximum atomic E-state index is 8.17. The Hall–Kier alpha value is -0.550. The third-order valence-electron chi connectivity index (χ3n) is 1.87. The monoisotopic (exact) mass is 138 g/mol. The van der Waals surface area contributed by atoms with Crippen molar-refractivity contribution in [1.82, 2.24) is 5.32 Å². The summed E-state index contributed by atoms with van der Waals surface area (Å²) in [5.41, 5.74) is 0. The van der Waals surface area contributed by atoms with Crippen molar-refractivity contribution in [2.45, 2.75) is 25.7 Å². The van der Waals surface area contributed by atoms with Crippen LogP contribution in [-0.2, 0) is 0 Å². The average molecular weight is 138 g/mol. The summed E-state index contributed by atoms with van der Waals surface area (Å²) < 4.78 is 0. The summed E-state index contributed by atoms with van der Waals surface area (Å²) in [6.45, 7) is 1.52. The highest BCUT2D eigenvalue weighted by atomic mass is 14.8. The van der Waals surface area contributed by atoms with E-state index in [2.05, 4.69) is 11.4 Å². The molecule has 0 aromatic heterocycles. The highest BCUT2D eigenvalue weighted by Gasteiger charge is 2.19. The molecule has 0 atom stereocenters. The van der Waals surface area contributed by atoms with Gasteiger partial charge in [-0.3, -0.25) is 0 Å². The van der Waals surface area contributed by atoms with Crippen LogP contribution in [0.4, 0.5) is 0 Å². The second-order valence-corrected chi connectivity index (χ2v) is 2.92. The van der Waals surface area contributed by atoms with Crippen molar-refractivity contribution in [2.75, 3.05) is 13.1 Å². The summed E-state index contributed by atoms with van der Waals surface area (Å²) in [4.78, 5) is 0. The van der Waals surface area contributed by atoms with Gasteiger partial charge < -0.3 is 5.32 Å². The third-order valence-corrected chi connectivity index (χ3v) is 1.87. The molecule has 2 nitrogen and oxygen atoms in total. The molecule has 1 aliphatic carbocycles. The Kier molecular flexibility index (Phi) is 3.25. The van der Waals surface area contributed by atoms with Crippen molar-refractivity contribution in [1.29, 1.82) is 5.26 Å². The molecule has 0 aromatic rings. The molecule has 10 heavy (non-hydrogen) atoms.